The van der Waals surface area contributed by atoms with Crippen LogP contribution < -0.4 is 4.90 Å². The fourth-order valence-corrected chi connectivity index (χ4v) is 4.54. The molecule has 5 nitrogen and oxygen atoms in total. The molecule has 2 aliphatic carbocycles. The summed E-state index contributed by atoms with van der Waals surface area (Å²) in [5.74, 6) is -2.10. The first-order valence-corrected chi connectivity index (χ1v) is 8.75. The molecule has 2 fully saturated rings. The number of amides is 1. The number of hydrogen-bond acceptors (Lipinski definition) is 3. The molecular formula is C19H21FN2O3. The van der Waals surface area contributed by atoms with E-state index in [2.05, 4.69) is 4.90 Å². The van der Waals surface area contributed by atoms with Crippen molar-refractivity contribution in [3.63, 3.8) is 0 Å². The number of carboxylic acids is 1. The van der Waals surface area contributed by atoms with Gasteiger partial charge in [0.25, 0.3) is 0 Å². The van der Waals surface area contributed by atoms with E-state index in [4.69, 9.17) is 0 Å². The number of benzene rings is 1. The number of rotatable bonds is 3. The molecule has 1 aliphatic heterocycles. The van der Waals surface area contributed by atoms with Crippen LogP contribution in [-0.4, -0.2) is 48.1 Å². The highest BCUT2D eigenvalue weighted by Crippen LogP contribution is 2.48. The predicted molar refractivity (Wildman–Crippen MR) is 90.5 cm³/mol. The average molecular weight is 344 g/mol. The van der Waals surface area contributed by atoms with Gasteiger partial charge in [-0.3, -0.25) is 9.59 Å². The molecule has 1 N–H and O–H groups in total. The second-order valence-electron chi connectivity index (χ2n) is 7.13. The molecule has 1 amide bonds. The summed E-state index contributed by atoms with van der Waals surface area (Å²) in [7, 11) is 0. The molecule has 4 rings (SSSR count). The van der Waals surface area contributed by atoms with Crippen molar-refractivity contribution >= 4 is 17.6 Å². The van der Waals surface area contributed by atoms with Crippen LogP contribution in [0.5, 0.6) is 0 Å². The van der Waals surface area contributed by atoms with Gasteiger partial charge < -0.3 is 14.9 Å². The van der Waals surface area contributed by atoms with Crippen molar-refractivity contribution in [3.8, 4) is 0 Å². The Morgan fingerprint density at radius 2 is 1.56 bits per heavy atom. The van der Waals surface area contributed by atoms with Gasteiger partial charge in [-0.15, -0.1) is 0 Å². The Kier molecular flexibility index (Phi) is 3.98. The first-order valence-electron chi connectivity index (χ1n) is 8.75. The van der Waals surface area contributed by atoms with E-state index in [0.717, 1.165) is 12.1 Å². The van der Waals surface area contributed by atoms with Crippen molar-refractivity contribution in [3.05, 3.63) is 42.2 Å². The summed E-state index contributed by atoms with van der Waals surface area (Å²) in [5, 5.41) is 9.52. The molecule has 3 aliphatic rings. The van der Waals surface area contributed by atoms with E-state index in [1.807, 2.05) is 12.2 Å². The number of nitrogens with zero attached hydrogens (tertiary/aromatic N) is 2. The number of carbonyl (C=O) groups excluding carboxylic acids is 1. The van der Waals surface area contributed by atoms with E-state index < -0.39 is 17.8 Å². The van der Waals surface area contributed by atoms with Gasteiger partial charge in [-0.1, -0.05) is 12.2 Å². The highest BCUT2D eigenvalue weighted by Gasteiger charge is 2.52. The first kappa shape index (κ1) is 16.1. The maximum absolute atomic E-state index is 13.0. The van der Waals surface area contributed by atoms with Gasteiger partial charge in [0.05, 0.1) is 11.8 Å². The van der Waals surface area contributed by atoms with Gasteiger partial charge in [-0.2, -0.15) is 0 Å². The zero-order valence-corrected chi connectivity index (χ0v) is 13.8. The molecule has 25 heavy (non-hydrogen) atoms. The Balaban J connectivity index is 1.42. The Morgan fingerprint density at radius 3 is 2.16 bits per heavy atom. The zero-order valence-electron chi connectivity index (χ0n) is 13.8. The highest BCUT2D eigenvalue weighted by molar-refractivity contribution is 5.87. The summed E-state index contributed by atoms with van der Waals surface area (Å²) in [5.41, 5.74) is 0.944. The maximum Gasteiger partial charge on any atom is 0.307 e. The fraction of sp³-hybridized carbons (Fsp3) is 0.474. The van der Waals surface area contributed by atoms with Gasteiger partial charge in [0.1, 0.15) is 5.82 Å². The number of anilines is 1. The van der Waals surface area contributed by atoms with Crippen LogP contribution in [0.4, 0.5) is 10.1 Å². The van der Waals surface area contributed by atoms with Gasteiger partial charge >= 0.3 is 5.97 Å². The van der Waals surface area contributed by atoms with Crippen molar-refractivity contribution in [2.45, 2.75) is 6.42 Å². The summed E-state index contributed by atoms with van der Waals surface area (Å²) in [6, 6.07) is 6.36. The molecule has 1 aromatic rings. The van der Waals surface area contributed by atoms with Gasteiger partial charge in [0, 0.05) is 31.9 Å². The minimum Gasteiger partial charge on any atom is -0.481 e. The van der Waals surface area contributed by atoms with Crippen molar-refractivity contribution in [2.75, 3.05) is 31.1 Å². The topological polar surface area (TPSA) is 60.9 Å². The Morgan fingerprint density at radius 1 is 0.960 bits per heavy atom. The fourth-order valence-electron chi connectivity index (χ4n) is 4.54. The number of carboxylic acid groups (broad SMARTS) is 1. The van der Waals surface area contributed by atoms with E-state index in [9.17, 15) is 19.1 Å². The third kappa shape index (κ3) is 2.79. The van der Waals surface area contributed by atoms with Crippen molar-refractivity contribution < 1.29 is 19.1 Å². The van der Waals surface area contributed by atoms with Gasteiger partial charge in [0.15, 0.2) is 0 Å². The highest BCUT2D eigenvalue weighted by atomic mass is 19.1. The Labute approximate surface area is 145 Å². The molecule has 0 radical (unpaired) electrons. The second-order valence-corrected chi connectivity index (χ2v) is 7.13. The number of fused-ring (bicyclic) bond motifs is 2. The van der Waals surface area contributed by atoms with Crippen LogP contribution in [0.3, 0.4) is 0 Å². The molecule has 1 heterocycles. The Bertz CT molecular complexity index is 710. The molecule has 1 saturated heterocycles. The predicted octanol–water partition coefficient (Wildman–Crippen LogP) is 2.00. The van der Waals surface area contributed by atoms with Gasteiger partial charge in [-0.05, 0) is 42.5 Å². The minimum absolute atomic E-state index is 0.00282. The SMILES string of the molecule is O=C(O)[C@H]1[C@@H](C(=O)N2CCN(c3ccc(F)cc3)CC2)[C@H]2C=C[C@@H]1C2. The number of aliphatic carboxylic acids is 1. The van der Waals surface area contributed by atoms with E-state index in [0.29, 0.717) is 26.2 Å². The van der Waals surface area contributed by atoms with E-state index in [1.165, 1.54) is 12.1 Å². The lowest BCUT2D eigenvalue weighted by atomic mass is 9.82. The van der Waals surface area contributed by atoms with Crippen molar-refractivity contribution in [2.24, 2.45) is 23.7 Å². The molecule has 0 spiro atoms. The lowest BCUT2D eigenvalue weighted by Crippen LogP contribution is -2.52. The largest absolute Gasteiger partial charge is 0.481 e. The normalized spacial score (nSPS) is 30.8. The third-order valence-corrected chi connectivity index (χ3v) is 5.81. The molecule has 6 heteroatoms. The molecule has 1 aromatic carbocycles. The lowest BCUT2D eigenvalue weighted by Gasteiger charge is -2.38. The van der Waals surface area contributed by atoms with Gasteiger partial charge in [-0.25, -0.2) is 4.39 Å². The number of allylic oxidation sites excluding steroid dienone is 2. The zero-order chi connectivity index (χ0) is 17.6. The van der Waals surface area contributed by atoms with Crippen molar-refractivity contribution in [1.29, 1.82) is 0 Å². The van der Waals surface area contributed by atoms with Crippen LogP contribution in [0.15, 0.2) is 36.4 Å². The first-order chi connectivity index (χ1) is 12.0. The summed E-state index contributed by atoms with van der Waals surface area (Å²) in [4.78, 5) is 28.5. The smallest absolute Gasteiger partial charge is 0.307 e. The van der Waals surface area contributed by atoms with Crippen LogP contribution in [0.25, 0.3) is 0 Å². The minimum atomic E-state index is -0.861. The molecule has 0 aromatic heterocycles. The van der Waals surface area contributed by atoms with Gasteiger partial charge in [0.2, 0.25) is 5.91 Å². The van der Waals surface area contributed by atoms with Crippen LogP contribution in [-0.2, 0) is 9.59 Å². The quantitative estimate of drug-likeness (QED) is 0.852. The van der Waals surface area contributed by atoms with E-state index >= 15 is 0 Å². The third-order valence-electron chi connectivity index (χ3n) is 5.81. The summed E-state index contributed by atoms with van der Waals surface area (Å²) in [6.45, 7) is 2.48. The monoisotopic (exact) mass is 344 g/mol. The second kappa shape index (κ2) is 6.17. The van der Waals surface area contributed by atoms with E-state index in [-0.39, 0.29) is 23.6 Å². The average Bonchev–Trinajstić information content (AvgIpc) is 3.23. The Hall–Kier alpha value is -2.37. The van der Waals surface area contributed by atoms with Crippen LogP contribution in [0, 0.1) is 29.5 Å². The van der Waals surface area contributed by atoms with Crippen molar-refractivity contribution in [1.82, 2.24) is 4.90 Å². The maximum atomic E-state index is 13.0. The number of hydrogen-bond donors (Lipinski definition) is 1. The summed E-state index contributed by atoms with van der Waals surface area (Å²) >= 11 is 0. The lowest BCUT2D eigenvalue weighted by molar-refractivity contribution is -0.151. The number of halogens is 1. The van der Waals surface area contributed by atoms with Crippen LogP contribution in [0.1, 0.15) is 6.42 Å². The van der Waals surface area contributed by atoms with E-state index in [1.54, 1.807) is 17.0 Å². The molecule has 2 bridgehead atoms. The molecule has 1 saturated carbocycles. The number of carbonyl (C=O) groups is 2. The molecule has 132 valence electrons. The standard InChI is InChI=1S/C19H21FN2O3/c20-14-3-5-15(6-4-14)21-7-9-22(10-8-21)18(23)16-12-1-2-13(11-12)17(16)19(24)25/h1-6,12-13,16-17H,7-11H2,(H,24,25)/t12-,13+,16-,17+/m0/s1. The summed E-state index contributed by atoms with van der Waals surface area (Å²) in [6.07, 6.45) is 4.75. The molecular weight excluding hydrogens is 323 g/mol. The molecule has 4 atom stereocenters. The number of piperazine rings is 1. The summed E-state index contributed by atoms with van der Waals surface area (Å²) < 4.78 is 13.0. The van der Waals surface area contributed by atoms with Crippen LogP contribution >= 0.6 is 0 Å². The molecule has 0 unspecified atom stereocenters. The van der Waals surface area contributed by atoms with Crippen LogP contribution in [0.2, 0.25) is 0 Å².